The normalized spacial score (nSPS) is 19.7. The molecule has 0 aromatic carbocycles. The molecule has 0 unspecified atom stereocenters. The van der Waals surface area contributed by atoms with Crippen LogP contribution in [-0.4, -0.2) is 11.0 Å². The summed E-state index contributed by atoms with van der Waals surface area (Å²) in [5.74, 6) is 0. The Morgan fingerprint density at radius 1 is 1.50 bits per heavy atom. The standard InChI is InChI=1S/C11H18N2S/c1-8(2)13-11(5-4-6-11)10-7-14-9(3)12-10/h7-8,13H,4-6H2,1-3H3/p+1. The van der Waals surface area contributed by atoms with Gasteiger partial charge in [-0.05, 0) is 27.2 Å². The lowest BCUT2D eigenvalue weighted by Gasteiger charge is -2.39. The Morgan fingerprint density at radius 3 is 2.57 bits per heavy atom. The van der Waals surface area contributed by atoms with Gasteiger partial charge in [0.05, 0.1) is 11.0 Å². The summed E-state index contributed by atoms with van der Waals surface area (Å²) < 4.78 is 0. The van der Waals surface area contributed by atoms with Gasteiger partial charge in [-0.2, -0.15) is 0 Å². The molecule has 0 radical (unpaired) electrons. The molecule has 1 aliphatic rings. The number of aryl methyl sites for hydroxylation is 1. The minimum atomic E-state index is 0.332. The lowest BCUT2D eigenvalue weighted by atomic mass is 9.74. The topological polar surface area (TPSA) is 29.5 Å². The maximum absolute atomic E-state index is 4.65. The summed E-state index contributed by atoms with van der Waals surface area (Å²) in [6, 6.07) is 0.664. The van der Waals surface area contributed by atoms with Crippen molar-refractivity contribution in [3.05, 3.63) is 16.1 Å². The van der Waals surface area contributed by atoms with Crippen LogP contribution in [0.15, 0.2) is 5.38 Å². The van der Waals surface area contributed by atoms with E-state index in [0.717, 1.165) is 0 Å². The van der Waals surface area contributed by atoms with E-state index in [4.69, 9.17) is 0 Å². The quantitative estimate of drug-likeness (QED) is 0.811. The van der Waals surface area contributed by atoms with Crippen molar-refractivity contribution < 1.29 is 5.32 Å². The summed E-state index contributed by atoms with van der Waals surface area (Å²) in [7, 11) is 0. The molecule has 3 heteroatoms. The molecule has 1 saturated carbocycles. The number of rotatable bonds is 3. The van der Waals surface area contributed by atoms with Crippen LogP contribution in [0.2, 0.25) is 0 Å². The number of hydrogen-bond donors (Lipinski definition) is 1. The second kappa shape index (κ2) is 3.63. The fourth-order valence-electron chi connectivity index (χ4n) is 2.30. The molecule has 1 aliphatic carbocycles. The molecule has 1 aromatic heterocycles. The molecule has 2 N–H and O–H groups in total. The van der Waals surface area contributed by atoms with Crippen LogP contribution >= 0.6 is 11.3 Å². The van der Waals surface area contributed by atoms with Crippen molar-refractivity contribution in [2.75, 3.05) is 0 Å². The molecule has 1 fully saturated rings. The Morgan fingerprint density at radius 2 is 2.21 bits per heavy atom. The van der Waals surface area contributed by atoms with E-state index in [1.807, 2.05) is 0 Å². The first-order chi connectivity index (χ1) is 6.62. The summed E-state index contributed by atoms with van der Waals surface area (Å²) in [4.78, 5) is 4.65. The van der Waals surface area contributed by atoms with Gasteiger partial charge in [-0.1, -0.05) is 0 Å². The van der Waals surface area contributed by atoms with Gasteiger partial charge in [0.25, 0.3) is 0 Å². The highest BCUT2D eigenvalue weighted by Crippen LogP contribution is 2.37. The smallest absolute Gasteiger partial charge is 0.140 e. The largest absolute Gasteiger partial charge is 0.334 e. The van der Waals surface area contributed by atoms with Gasteiger partial charge in [-0.25, -0.2) is 4.98 Å². The molecule has 2 rings (SSSR count). The molecule has 0 saturated heterocycles. The Hall–Kier alpha value is -0.410. The molecule has 1 aromatic rings. The number of aromatic nitrogens is 1. The van der Waals surface area contributed by atoms with Gasteiger partial charge in [-0.3, -0.25) is 0 Å². The van der Waals surface area contributed by atoms with Crippen LogP contribution in [0.5, 0.6) is 0 Å². The van der Waals surface area contributed by atoms with Crippen molar-refractivity contribution in [3.63, 3.8) is 0 Å². The molecule has 78 valence electrons. The number of nitrogens with zero attached hydrogens (tertiary/aromatic N) is 1. The zero-order valence-corrected chi connectivity index (χ0v) is 10.0. The fraction of sp³-hybridized carbons (Fsp3) is 0.727. The summed E-state index contributed by atoms with van der Waals surface area (Å²) in [5, 5.41) is 5.93. The van der Waals surface area contributed by atoms with Gasteiger partial charge in [-0.15, -0.1) is 11.3 Å². The van der Waals surface area contributed by atoms with Gasteiger partial charge in [0.2, 0.25) is 0 Å². The lowest BCUT2D eigenvalue weighted by Crippen LogP contribution is -2.99. The molecular formula is C11H19N2S+. The van der Waals surface area contributed by atoms with E-state index < -0.39 is 0 Å². The third-order valence-electron chi connectivity index (χ3n) is 3.03. The first kappa shape index (κ1) is 10.1. The Labute approximate surface area is 89.8 Å². The third kappa shape index (κ3) is 1.71. The van der Waals surface area contributed by atoms with Crippen molar-refractivity contribution in [1.82, 2.24) is 4.98 Å². The zero-order valence-electron chi connectivity index (χ0n) is 9.21. The van der Waals surface area contributed by atoms with Crippen LogP contribution in [0.1, 0.15) is 43.8 Å². The Bertz CT molecular complexity index is 313. The molecule has 0 amide bonds. The van der Waals surface area contributed by atoms with Crippen molar-refractivity contribution in [2.24, 2.45) is 0 Å². The van der Waals surface area contributed by atoms with Crippen LogP contribution < -0.4 is 5.32 Å². The molecule has 0 bridgehead atoms. The Kier molecular flexibility index (Phi) is 2.62. The monoisotopic (exact) mass is 211 g/mol. The molecule has 1 heterocycles. The zero-order chi connectivity index (χ0) is 10.2. The first-order valence-corrected chi connectivity index (χ1v) is 6.29. The van der Waals surface area contributed by atoms with Crippen molar-refractivity contribution in [3.8, 4) is 0 Å². The van der Waals surface area contributed by atoms with E-state index in [-0.39, 0.29) is 0 Å². The van der Waals surface area contributed by atoms with Gasteiger partial charge in [0.15, 0.2) is 0 Å². The van der Waals surface area contributed by atoms with E-state index in [2.05, 4.69) is 36.5 Å². The molecule has 0 atom stereocenters. The van der Waals surface area contributed by atoms with Crippen LogP contribution in [-0.2, 0) is 5.54 Å². The average Bonchev–Trinajstić information content (AvgIpc) is 2.44. The molecule has 0 spiro atoms. The molecule has 14 heavy (non-hydrogen) atoms. The van der Waals surface area contributed by atoms with Gasteiger partial charge in [0.1, 0.15) is 11.2 Å². The summed E-state index contributed by atoms with van der Waals surface area (Å²) in [6.45, 7) is 6.62. The fourth-order valence-corrected chi connectivity index (χ4v) is 3.02. The van der Waals surface area contributed by atoms with E-state index in [9.17, 15) is 0 Å². The highest BCUT2D eigenvalue weighted by molar-refractivity contribution is 7.09. The van der Waals surface area contributed by atoms with Crippen LogP contribution in [0.3, 0.4) is 0 Å². The number of hydrogen-bond acceptors (Lipinski definition) is 2. The van der Waals surface area contributed by atoms with E-state index >= 15 is 0 Å². The minimum absolute atomic E-state index is 0.332. The predicted molar refractivity (Wildman–Crippen MR) is 59.4 cm³/mol. The van der Waals surface area contributed by atoms with Crippen LogP contribution in [0.4, 0.5) is 0 Å². The SMILES string of the molecule is Cc1nc(C2([NH2+]C(C)C)CCC2)cs1. The maximum Gasteiger partial charge on any atom is 0.140 e. The summed E-state index contributed by atoms with van der Waals surface area (Å²) in [6.07, 6.45) is 3.96. The van der Waals surface area contributed by atoms with Crippen molar-refractivity contribution in [2.45, 2.75) is 51.6 Å². The second-order valence-electron chi connectivity index (χ2n) is 4.67. The second-order valence-corrected chi connectivity index (χ2v) is 5.73. The van der Waals surface area contributed by atoms with E-state index in [1.54, 1.807) is 11.3 Å². The van der Waals surface area contributed by atoms with Crippen LogP contribution in [0, 0.1) is 6.92 Å². The third-order valence-corrected chi connectivity index (χ3v) is 3.80. The van der Waals surface area contributed by atoms with Gasteiger partial charge < -0.3 is 5.32 Å². The summed E-state index contributed by atoms with van der Waals surface area (Å²) >= 11 is 1.78. The highest BCUT2D eigenvalue weighted by Gasteiger charge is 2.44. The van der Waals surface area contributed by atoms with Crippen molar-refractivity contribution in [1.29, 1.82) is 0 Å². The minimum Gasteiger partial charge on any atom is -0.334 e. The molecular weight excluding hydrogens is 192 g/mol. The van der Waals surface area contributed by atoms with E-state index in [1.165, 1.54) is 30.0 Å². The number of thiazole rings is 1. The van der Waals surface area contributed by atoms with Gasteiger partial charge in [0, 0.05) is 18.2 Å². The predicted octanol–water partition coefficient (Wildman–Crippen LogP) is 1.80. The first-order valence-electron chi connectivity index (χ1n) is 5.41. The average molecular weight is 211 g/mol. The van der Waals surface area contributed by atoms with E-state index in [0.29, 0.717) is 11.6 Å². The maximum atomic E-state index is 4.65. The van der Waals surface area contributed by atoms with Crippen LogP contribution in [0.25, 0.3) is 0 Å². The lowest BCUT2D eigenvalue weighted by molar-refractivity contribution is -0.772. The number of nitrogens with two attached hydrogens (primary N) is 1. The summed E-state index contributed by atoms with van der Waals surface area (Å²) in [5.41, 5.74) is 1.65. The molecule has 0 aliphatic heterocycles. The van der Waals surface area contributed by atoms with Crippen molar-refractivity contribution >= 4 is 11.3 Å². The Balaban J connectivity index is 2.20. The number of quaternary nitrogens is 1. The highest BCUT2D eigenvalue weighted by atomic mass is 32.1. The molecule has 2 nitrogen and oxygen atoms in total. The van der Waals surface area contributed by atoms with Gasteiger partial charge >= 0.3 is 0 Å².